The number of fused-ring (bicyclic) bond motifs is 1. The van der Waals surface area contributed by atoms with Crippen molar-refractivity contribution in [3.63, 3.8) is 0 Å². The third-order valence-electron chi connectivity index (χ3n) is 5.03. The molecule has 0 saturated heterocycles. The van der Waals surface area contributed by atoms with Crippen LogP contribution in [0, 0.1) is 5.82 Å². The molecule has 4 rings (SSSR count). The quantitative estimate of drug-likeness (QED) is 0.384. The van der Waals surface area contributed by atoms with E-state index in [-0.39, 0.29) is 13.1 Å². The summed E-state index contributed by atoms with van der Waals surface area (Å²) in [6, 6.07) is 11.0. The van der Waals surface area contributed by atoms with Crippen LogP contribution in [0.5, 0.6) is 0 Å². The average molecular weight is 497 g/mol. The minimum absolute atomic E-state index is 0.263. The second kappa shape index (κ2) is 8.58. The number of halogens is 4. The lowest BCUT2D eigenvalue weighted by Crippen LogP contribution is -2.44. The molecular formula is C23H21Cl3FN3O2. The molecule has 1 aliphatic heterocycles. The standard InChI is InChI=1S/C23H21Cl3FN3O2/c1-23(2,3)32-22(31)29-11-15-10-20(17-7-5-14(25)9-19(17)27)28-30(15)21(12-29)16-6-4-13(24)8-18(16)26/h4-10,21H,11-12H2,1-3H3. The van der Waals surface area contributed by atoms with E-state index in [1.807, 2.05) is 26.8 Å². The molecule has 0 radical (unpaired) electrons. The molecule has 0 aliphatic carbocycles. The lowest BCUT2D eigenvalue weighted by Gasteiger charge is -2.35. The van der Waals surface area contributed by atoms with Crippen LogP contribution in [0.1, 0.15) is 38.1 Å². The summed E-state index contributed by atoms with van der Waals surface area (Å²) in [5.74, 6) is -0.474. The molecule has 9 heteroatoms. The monoisotopic (exact) mass is 495 g/mol. The van der Waals surface area contributed by atoms with Crippen molar-refractivity contribution in [2.75, 3.05) is 6.54 Å². The molecule has 5 nitrogen and oxygen atoms in total. The molecular weight excluding hydrogens is 476 g/mol. The van der Waals surface area contributed by atoms with E-state index < -0.39 is 23.6 Å². The Bertz CT molecular complexity index is 1190. The number of carbonyl (C=O) groups excluding carboxylic acids is 1. The zero-order valence-electron chi connectivity index (χ0n) is 17.7. The zero-order valence-corrected chi connectivity index (χ0v) is 20.0. The number of carbonyl (C=O) groups is 1. The van der Waals surface area contributed by atoms with Gasteiger partial charge in [0.05, 0.1) is 30.5 Å². The number of hydrogen-bond acceptors (Lipinski definition) is 3. The minimum atomic E-state index is -0.639. The fourth-order valence-corrected chi connectivity index (χ4v) is 4.36. The highest BCUT2D eigenvalue weighted by molar-refractivity contribution is 6.35. The Morgan fingerprint density at radius 2 is 1.78 bits per heavy atom. The van der Waals surface area contributed by atoms with Crippen molar-refractivity contribution in [2.45, 2.75) is 39.0 Å². The van der Waals surface area contributed by atoms with Gasteiger partial charge >= 0.3 is 6.09 Å². The highest BCUT2D eigenvalue weighted by Gasteiger charge is 2.34. The molecule has 168 valence electrons. The van der Waals surface area contributed by atoms with Crippen LogP contribution >= 0.6 is 34.8 Å². The average Bonchev–Trinajstić information content (AvgIpc) is 3.10. The van der Waals surface area contributed by atoms with Crippen molar-refractivity contribution in [3.8, 4) is 11.3 Å². The first-order valence-electron chi connectivity index (χ1n) is 9.98. The Kier molecular flexibility index (Phi) is 6.14. The van der Waals surface area contributed by atoms with E-state index in [0.717, 1.165) is 11.3 Å². The van der Waals surface area contributed by atoms with Gasteiger partial charge in [0.2, 0.25) is 0 Å². The maximum Gasteiger partial charge on any atom is 0.410 e. The van der Waals surface area contributed by atoms with Gasteiger partial charge in [-0.2, -0.15) is 5.10 Å². The van der Waals surface area contributed by atoms with E-state index >= 15 is 0 Å². The number of amides is 1. The summed E-state index contributed by atoms with van der Waals surface area (Å²) in [5.41, 5.74) is 1.59. The van der Waals surface area contributed by atoms with Crippen LogP contribution in [0.4, 0.5) is 9.18 Å². The lowest BCUT2D eigenvalue weighted by atomic mass is 10.0. The predicted molar refractivity (Wildman–Crippen MR) is 124 cm³/mol. The van der Waals surface area contributed by atoms with Crippen molar-refractivity contribution >= 4 is 40.9 Å². The summed E-state index contributed by atoms with van der Waals surface area (Å²) >= 11 is 18.5. The Hall–Kier alpha value is -2.28. The number of hydrogen-bond donors (Lipinski definition) is 0. The third kappa shape index (κ3) is 4.72. The van der Waals surface area contributed by atoms with Crippen LogP contribution in [-0.4, -0.2) is 32.9 Å². The van der Waals surface area contributed by atoms with Crippen LogP contribution in [0.15, 0.2) is 42.5 Å². The topological polar surface area (TPSA) is 47.4 Å². The summed E-state index contributed by atoms with van der Waals surface area (Å²) in [4.78, 5) is 14.5. The number of ether oxygens (including phenoxy) is 1. The van der Waals surface area contributed by atoms with Gasteiger partial charge in [0.1, 0.15) is 11.4 Å². The fraction of sp³-hybridized carbons (Fsp3) is 0.304. The molecule has 1 atom stereocenters. The number of aromatic nitrogens is 2. The number of nitrogens with zero attached hydrogens (tertiary/aromatic N) is 3. The highest BCUT2D eigenvalue weighted by atomic mass is 35.5. The third-order valence-corrected chi connectivity index (χ3v) is 5.83. The second-order valence-corrected chi connectivity index (χ2v) is 9.91. The maximum atomic E-state index is 14.6. The van der Waals surface area contributed by atoms with Crippen LogP contribution in [-0.2, 0) is 11.3 Å². The first kappa shape index (κ1) is 22.9. The van der Waals surface area contributed by atoms with Crippen LogP contribution < -0.4 is 0 Å². The van der Waals surface area contributed by atoms with E-state index in [9.17, 15) is 9.18 Å². The maximum absolute atomic E-state index is 14.6. The Morgan fingerprint density at radius 3 is 2.44 bits per heavy atom. The summed E-state index contributed by atoms with van der Waals surface area (Å²) in [6.07, 6.45) is -0.445. The van der Waals surface area contributed by atoms with Gasteiger partial charge in [-0.25, -0.2) is 9.18 Å². The lowest BCUT2D eigenvalue weighted by molar-refractivity contribution is 0.0175. The first-order valence-corrected chi connectivity index (χ1v) is 11.1. The van der Waals surface area contributed by atoms with E-state index in [1.54, 1.807) is 39.9 Å². The molecule has 32 heavy (non-hydrogen) atoms. The summed E-state index contributed by atoms with van der Waals surface area (Å²) < 4.78 is 21.9. The molecule has 1 amide bonds. The zero-order chi connectivity index (χ0) is 23.2. The largest absolute Gasteiger partial charge is 0.444 e. The van der Waals surface area contributed by atoms with Gasteiger partial charge in [0, 0.05) is 20.6 Å². The molecule has 2 heterocycles. The molecule has 0 fully saturated rings. The molecule has 0 bridgehead atoms. The van der Waals surface area contributed by atoms with Gasteiger partial charge < -0.3 is 4.74 Å². The SMILES string of the molecule is CC(C)(C)OC(=O)N1Cc2cc(-c3ccc(Cl)cc3F)nn2C(c2ccc(Cl)cc2Cl)C1. The van der Waals surface area contributed by atoms with Gasteiger partial charge in [-0.15, -0.1) is 0 Å². The van der Waals surface area contributed by atoms with Crippen LogP contribution in [0.2, 0.25) is 15.1 Å². The highest BCUT2D eigenvalue weighted by Crippen LogP contribution is 2.35. The fourth-order valence-electron chi connectivity index (χ4n) is 3.66. The molecule has 0 spiro atoms. The Morgan fingerprint density at radius 1 is 1.09 bits per heavy atom. The molecule has 0 saturated carbocycles. The Labute approximate surface area is 200 Å². The first-order chi connectivity index (χ1) is 15.0. The predicted octanol–water partition coefficient (Wildman–Crippen LogP) is 6.99. The van der Waals surface area contributed by atoms with E-state index in [2.05, 4.69) is 5.10 Å². The van der Waals surface area contributed by atoms with Gasteiger partial charge in [0.15, 0.2) is 0 Å². The van der Waals surface area contributed by atoms with Gasteiger partial charge in [0.25, 0.3) is 0 Å². The van der Waals surface area contributed by atoms with Gasteiger partial charge in [-0.3, -0.25) is 9.58 Å². The number of benzene rings is 2. The van der Waals surface area contributed by atoms with Crippen LogP contribution in [0.3, 0.4) is 0 Å². The molecule has 1 unspecified atom stereocenters. The van der Waals surface area contributed by atoms with Crippen LogP contribution in [0.25, 0.3) is 11.3 Å². The molecule has 3 aromatic rings. The van der Waals surface area contributed by atoms with Crippen molar-refractivity contribution < 1.29 is 13.9 Å². The van der Waals surface area contributed by atoms with Crippen molar-refractivity contribution in [1.82, 2.24) is 14.7 Å². The van der Waals surface area contributed by atoms with E-state index in [1.165, 1.54) is 6.07 Å². The molecule has 2 aromatic carbocycles. The smallest absolute Gasteiger partial charge is 0.410 e. The van der Waals surface area contributed by atoms with Crippen molar-refractivity contribution in [1.29, 1.82) is 0 Å². The molecule has 1 aromatic heterocycles. The second-order valence-electron chi connectivity index (χ2n) is 8.63. The summed E-state index contributed by atoms with van der Waals surface area (Å²) in [7, 11) is 0. The Balaban J connectivity index is 1.79. The van der Waals surface area contributed by atoms with E-state index in [4.69, 9.17) is 39.5 Å². The van der Waals surface area contributed by atoms with Gasteiger partial charge in [-0.05, 0) is 62.7 Å². The minimum Gasteiger partial charge on any atom is -0.444 e. The van der Waals surface area contributed by atoms with Gasteiger partial charge in [-0.1, -0.05) is 40.9 Å². The van der Waals surface area contributed by atoms with Crippen molar-refractivity contribution in [2.24, 2.45) is 0 Å². The normalized spacial score (nSPS) is 16.1. The molecule has 0 N–H and O–H groups in total. The van der Waals surface area contributed by atoms with Crippen molar-refractivity contribution in [3.05, 3.63) is 74.6 Å². The summed E-state index contributed by atoms with van der Waals surface area (Å²) in [6.45, 7) is 5.99. The summed E-state index contributed by atoms with van der Waals surface area (Å²) in [5, 5.41) is 5.92. The number of rotatable bonds is 2. The van der Waals surface area contributed by atoms with E-state index in [0.29, 0.717) is 26.3 Å². The molecule has 1 aliphatic rings.